The Hall–Kier alpha value is -0.180. The largest absolute Gasteiger partial charge is 0.311 e. The first-order valence-corrected chi connectivity index (χ1v) is 4.25. The lowest BCUT2D eigenvalue weighted by Crippen LogP contribution is -2.57. The highest BCUT2D eigenvalue weighted by atomic mass is 19.3. The lowest BCUT2D eigenvalue weighted by atomic mass is 9.61. The first-order valence-electron chi connectivity index (χ1n) is 4.25. The molecule has 64 valence electrons. The van der Waals surface area contributed by atoms with E-state index in [2.05, 4.69) is 5.32 Å². The molecule has 11 heavy (non-hydrogen) atoms. The maximum Gasteiger partial charge on any atom is 0.265 e. The molecule has 0 amide bonds. The van der Waals surface area contributed by atoms with Crippen molar-refractivity contribution in [2.45, 2.75) is 31.6 Å². The Morgan fingerprint density at radius 1 is 1.09 bits per heavy atom. The van der Waals surface area contributed by atoms with Gasteiger partial charge in [0.2, 0.25) is 0 Å². The van der Waals surface area contributed by atoms with Crippen molar-refractivity contribution in [1.29, 1.82) is 0 Å². The summed E-state index contributed by atoms with van der Waals surface area (Å²) in [5, 5.41) is 2.75. The van der Waals surface area contributed by atoms with Crippen molar-refractivity contribution in [3.63, 3.8) is 0 Å². The van der Waals surface area contributed by atoms with Crippen molar-refractivity contribution in [2.24, 2.45) is 5.41 Å². The molecular formula is C8H13F2N. The number of piperidine rings is 1. The second-order valence-electron chi connectivity index (χ2n) is 3.77. The van der Waals surface area contributed by atoms with Crippen LogP contribution < -0.4 is 5.32 Å². The number of halogens is 2. The second-order valence-corrected chi connectivity index (χ2v) is 3.77. The zero-order chi connectivity index (χ0) is 7.95. The van der Waals surface area contributed by atoms with Crippen LogP contribution in [0.25, 0.3) is 0 Å². The summed E-state index contributed by atoms with van der Waals surface area (Å²) < 4.78 is 26.5. The first kappa shape index (κ1) is 7.47. The van der Waals surface area contributed by atoms with Gasteiger partial charge >= 0.3 is 0 Å². The SMILES string of the molecule is FC1(F)CNCCC12CCC2. The number of alkyl halides is 2. The Kier molecular flexibility index (Phi) is 1.46. The molecular weight excluding hydrogens is 148 g/mol. The van der Waals surface area contributed by atoms with E-state index in [1.165, 1.54) is 0 Å². The molecule has 0 unspecified atom stereocenters. The van der Waals surface area contributed by atoms with Gasteiger partial charge in [0, 0.05) is 5.41 Å². The van der Waals surface area contributed by atoms with Gasteiger partial charge in [0.05, 0.1) is 6.54 Å². The van der Waals surface area contributed by atoms with Crippen LogP contribution in [0.5, 0.6) is 0 Å². The summed E-state index contributed by atoms with van der Waals surface area (Å²) in [5.41, 5.74) is -0.599. The van der Waals surface area contributed by atoms with Crippen LogP contribution in [0.4, 0.5) is 8.78 Å². The van der Waals surface area contributed by atoms with Crippen molar-refractivity contribution >= 4 is 0 Å². The van der Waals surface area contributed by atoms with Gasteiger partial charge in [-0.1, -0.05) is 6.42 Å². The molecule has 1 heterocycles. The molecule has 1 N–H and O–H groups in total. The number of nitrogens with one attached hydrogen (secondary N) is 1. The molecule has 0 aromatic heterocycles. The summed E-state index contributed by atoms with van der Waals surface area (Å²) >= 11 is 0. The Morgan fingerprint density at radius 2 is 1.82 bits per heavy atom. The third-order valence-corrected chi connectivity index (χ3v) is 3.21. The van der Waals surface area contributed by atoms with Gasteiger partial charge in [-0.3, -0.25) is 0 Å². The van der Waals surface area contributed by atoms with E-state index < -0.39 is 11.3 Å². The van der Waals surface area contributed by atoms with Crippen LogP contribution in [-0.2, 0) is 0 Å². The van der Waals surface area contributed by atoms with Gasteiger partial charge in [0.15, 0.2) is 0 Å². The van der Waals surface area contributed by atoms with Gasteiger partial charge in [0.1, 0.15) is 0 Å². The summed E-state index contributed by atoms with van der Waals surface area (Å²) in [6.07, 6.45) is 3.14. The third-order valence-electron chi connectivity index (χ3n) is 3.21. The van der Waals surface area contributed by atoms with Crippen LogP contribution in [0, 0.1) is 5.41 Å². The van der Waals surface area contributed by atoms with E-state index >= 15 is 0 Å². The van der Waals surface area contributed by atoms with Gasteiger partial charge in [-0.25, -0.2) is 8.78 Å². The molecule has 1 nitrogen and oxygen atoms in total. The average molecular weight is 161 g/mol. The van der Waals surface area contributed by atoms with Gasteiger partial charge in [0.25, 0.3) is 5.92 Å². The predicted octanol–water partition coefficient (Wildman–Crippen LogP) is 1.79. The van der Waals surface area contributed by atoms with Crippen LogP contribution in [-0.4, -0.2) is 19.0 Å². The van der Waals surface area contributed by atoms with Crippen LogP contribution in [0.15, 0.2) is 0 Å². The predicted molar refractivity (Wildman–Crippen MR) is 38.7 cm³/mol. The Morgan fingerprint density at radius 3 is 2.18 bits per heavy atom. The monoisotopic (exact) mass is 161 g/mol. The molecule has 1 spiro atoms. The Balaban J connectivity index is 2.15. The maximum absolute atomic E-state index is 13.2. The van der Waals surface area contributed by atoms with Crippen molar-refractivity contribution < 1.29 is 8.78 Å². The summed E-state index contributed by atoms with van der Waals surface area (Å²) in [4.78, 5) is 0. The van der Waals surface area contributed by atoms with Gasteiger partial charge in [-0.2, -0.15) is 0 Å². The number of hydrogen-bond donors (Lipinski definition) is 1. The van der Waals surface area contributed by atoms with Crippen LogP contribution in [0.3, 0.4) is 0 Å². The Bertz CT molecular complexity index is 163. The molecule has 2 fully saturated rings. The zero-order valence-electron chi connectivity index (χ0n) is 6.50. The van der Waals surface area contributed by atoms with E-state index in [0.717, 1.165) is 25.8 Å². The lowest BCUT2D eigenvalue weighted by Gasteiger charge is -2.50. The van der Waals surface area contributed by atoms with Crippen molar-refractivity contribution in [1.82, 2.24) is 5.32 Å². The minimum absolute atomic E-state index is 0.104. The van der Waals surface area contributed by atoms with Crippen molar-refractivity contribution in [2.75, 3.05) is 13.1 Å². The smallest absolute Gasteiger partial charge is 0.265 e. The van der Waals surface area contributed by atoms with Crippen LogP contribution in [0.1, 0.15) is 25.7 Å². The zero-order valence-corrected chi connectivity index (χ0v) is 6.50. The highest BCUT2D eigenvalue weighted by Crippen LogP contribution is 2.55. The maximum atomic E-state index is 13.2. The molecule has 1 aliphatic carbocycles. The fourth-order valence-corrected chi connectivity index (χ4v) is 2.16. The minimum Gasteiger partial charge on any atom is -0.311 e. The minimum atomic E-state index is -2.44. The highest BCUT2D eigenvalue weighted by Gasteiger charge is 2.57. The molecule has 1 aliphatic heterocycles. The van der Waals surface area contributed by atoms with E-state index in [9.17, 15) is 8.78 Å². The quantitative estimate of drug-likeness (QED) is 0.571. The van der Waals surface area contributed by atoms with Crippen LogP contribution in [0.2, 0.25) is 0 Å². The molecule has 1 saturated heterocycles. The topological polar surface area (TPSA) is 12.0 Å². The molecule has 1 saturated carbocycles. The van der Waals surface area contributed by atoms with E-state index in [1.807, 2.05) is 0 Å². The van der Waals surface area contributed by atoms with Gasteiger partial charge < -0.3 is 5.32 Å². The molecule has 0 aromatic rings. The van der Waals surface area contributed by atoms with E-state index in [0.29, 0.717) is 6.42 Å². The lowest BCUT2D eigenvalue weighted by molar-refractivity contribution is -0.175. The van der Waals surface area contributed by atoms with Crippen molar-refractivity contribution in [3.05, 3.63) is 0 Å². The summed E-state index contributed by atoms with van der Waals surface area (Å²) in [5.74, 6) is -2.44. The molecule has 2 rings (SSSR count). The second kappa shape index (κ2) is 2.16. The molecule has 3 heteroatoms. The fourth-order valence-electron chi connectivity index (χ4n) is 2.16. The summed E-state index contributed by atoms with van der Waals surface area (Å²) in [7, 11) is 0. The summed E-state index contributed by atoms with van der Waals surface area (Å²) in [6, 6.07) is 0. The van der Waals surface area contributed by atoms with E-state index in [-0.39, 0.29) is 6.54 Å². The number of hydrogen-bond acceptors (Lipinski definition) is 1. The molecule has 2 aliphatic rings. The Labute approximate surface area is 65.2 Å². The van der Waals surface area contributed by atoms with Gasteiger partial charge in [-0.05, 0) is 25.8 Å². The molecule has 0 aromatic carbocycles. The van der Waals surface area contributed by atoms with Crippen LogP contribution >= 0.6 is 0 Å². The highest BCUT2D eigenvalue weighted by molar-refractivity contribution is 5.02. The average Bonchev–Trinajstić information content (AvgIpc) is 1.83. The van der Waals surface area contributed by atoms with E-state index in [1.54, 1.807) is 0 Å². The molecule has 0 bridgehead atoms. The van der Waals surface area contributed by atoms with Crippen molar-refractivity contribution in [3.8, 4) is 0 Å². The fraction of sp³-hybridized carbons (Fsp3) is 1.00. The molecule has 0 atom stereocenters. The third kappa shape index (κ3) is 0.901. The standard InChI is InChI=1S/C8H13F2N/c9-8(10)6-11-5-4-7(8)2-1-3-7/h11H,1-6H2. The normalized spacial score (nSPS) is 33.3. The number of rotatable bonds is 0. The van der Waals surface area contributed by atoms with Gasteiger partial charge in [-0.15, -0.1) is 0 Å². The summed E-state index contributed by atoms with van der Waals surface area (Å²) in [6.45, 7) is 0.669. The molecule has 0 radical (unpaired) electrons. The first-order chi connectivity index (χ1) is 5.16. The van der Waals surface area contributed by atoms with E-state index in [4.69, 9.17) is 0 Å².